The number of fused-ring (bicyclic) bond motifs is 1. The van der Waals surface area contributed by atoms with Gasteiger partial charge in [0.15, 0.2) is 5.82 Å². The minimum Gasteiger partial charge on any atom is -0.467 e. The first-order valence-corrected chi connectivity index (χ1v) is 10.9. The minimum absolute atomic E-state index is 0.0670. The van der Waals surface area contributed by atoms with E-state index in [4.69, 9.17) is 4.42 Å². The monoisotopic (exact) mass is 436 g/mol. The number of aromatic amines is 1. The number of aryl methyl sites for hydroxylation is 1. The highest BCUT2D eigenvalue weighted by molar-refractivity contribution is 5.81. The average molecular weight is 437 g/mol. The van der Waals surface area contributed by atoms with Crippen LogP contribution in [0.25, 0.3) is 10.9 Å². The number of para-hydroxylation sites is 1. The fourth-order valence-corrected chi connectivity index (χ4v) is 4.10. The number of aliphatic hydroxyl groups is 1. The van der Waals surface area contributed by atoms with Crippen molar-refractivity contribution < 1.29 is 9.52 Å². The zero-order valence-electron chi connectivity index (χ0n) is 18.4. The molecule has 9 heteroatoms. The molecule has 1 unspecified atom stereocenters. The first-order chi connectivity index (χ1) is 15.6. The van der Waals surface area contributed by atoms with Crippen molar-refractivity contribution in [2.24, 2.45) is 0 Å². The molecule has 4 aromatic rings. The number of benzene rings is 1. The Hall–Kier alpha value is -3.30. The van der Waals surface area contributed by atoms with E-state index in [9.17, 15) is 9.90 Å². The fourth-order valence-electron chi connectivity index (χ4n) is 4.10. The number of aliphatic hydroxyl groups excluding tert-OH is 1. The molecule has 0 aliphatic heterocycles. The molecule has 0 radical (unpaired) electrons. The maximum absolute atomic E-state index is 12.9. The van der Waals surface area contributed by atoms with E-state index in [1.165, 1.54) is 0 Å². The number of furan rings is 1. The third-order valence-corrected chi connectivity index (χ3v) is 5.71. The predicted molar refractivity (Wildman–Crippen MR) is 120 cm³/mol. The van der Waals surface area contributed by atoms with Gasteiger partial charge in [0.25, 0.3) is 5.56 Å². The van der Waals surface area contributed by atoms with E-state index in [2.05, 4.69) is 32.3 Å². The summed E-state index contributed by atoms with van der Waals surface area (Å²) >= 11 is 0. The van der Waals surface area contributed by atoms with Gasteiger partial charge in [-0.15, -0.1) is 5.10 Å². The van der Waals surface area contributed by atoms with Crippen molar-refractivity contribution >= 4 is 10.9 Å². The highest BCUT2D eigenvalue weighted by Gasteiger charge is 2.26. The van der Waals surface area contributed by atoms with Crippen LogP contribution < -0.4 is 5.56 Å². The third kappa shape index (κ3) is 4.63. The Balaban J connectivity index is 1.66. The zero-order chi connectivity index (χ0) is 22.5. The molecule has 2 N–H and O–H groups in total. The summed E-state index contributed by atoms with van der Waals surface area (Å²) in [5, 5.41) is 22.8. The fraction of sp³-hybridized carbons (Fsp3) is 0.391. The van der Waals surface area contributed by atoms with Gasteiger partial charge in [0.05, 0.1) is 17.8 Å². The molecule has 3 aromatic heterocycles. The van der Waals surface area contributed by atoms with Gasteiger partial charge in [0.2, 0.25) is 0 Å². The Labute approximate surface area is 185 Å². The van der Waals surface area contributed by atoms with Gasteiger partial charge in [-0.25, -0.2) is 4.68 Å². The van der Waals surface area contributed by atoms with Crippen LogP contribution in [-0.2, 0) is 13.1 Å². The molecule has 1 aromatic carbocycles. The summed E-state index contributed by atoms with van der Waals surface area (Å²) in [6.07, 6.45) is 2.95. The lowest BCUT2D eigenvalue weighted by Crippen LogP contribution is -2.34. The lowest BCUT2D eigenvalue weighted by atomic mass is 10.1. The summed E-state index contributed by atoms with van der Waals surface area (Å²) in [5.41, 5.74) is 2.46. The molecule has 0 amide bonds. The maximum atomic E-state index is 12.9. The number of aromatic nitrogens is 5. The molecule has 9 nitrogen and oxygen atoms in total. The van der Waals surface area contributed by atoms with Crippen LogP contribution in [0, 0.1) is 6.92 Å². The highest BCUT2D eigenvalue weighted by atomic mass is 16.3. The first kappa shape index (κ1) is 21.9. The van der Waals surface area contributed by atoms with Gasteiger partial charge in [-0.05, 0) is 59.3 Å². The quantitative estimate of drug-likeness (QED) is 0.393. The molecule has 0 saturated carbocycles. The van der Waals surface area contributed by atoms with Crippen molar-refractivity contribution in [3.8, 4) is 0 Å². The Bertz CT molecular complexity index is 1210. The molecular formula is C23H28N6O3. The van der Waals surface area contributed by atoms with Crippen molar-refractivity contribution in [3.05, 3.63) is 75.7 Å². The van der Waals surface area contributed by atoms with Crippen molar-refractivity contribution in [1.82, 2.24) is 30.1 Å². The van der Waals surface area contributed by atoms with Crippen LogP contribution in [-0.4, -0.2) is 48.3 Å². The number of pyridine rings is 1. The molecule has 0 saturated heterocycles. The summed E-state index contributed by atoms with van der Waals surface area (Å²) in [4.78, 5) is 18.1. The zero-order valence-corrected chi connectivity index (χ0v) is 18.4. The van der Waals surface area contributed by atoms with Gasteiger partial charge >= 0.3 is 0 Å². The van der Waals surface area contributed by atoms with Crippen molar-refractivity contribution in [1.29, 1.82) is 0 Å². The molecule has 32 heavy (non-hydrogen) atoms. The van der Waals surface area contributed by atoms with Crippen LogP contribution in [0.15, 0.2) is 51.9 Å². The molecule has 3 heterocycles. The van der Waals surface area contributed by atoms with Crippen molar-refractivity contribution in [2.75, 3.05) is 13.2 Å². The summed E-state index contributed by atoms with van der Waals surface area (Å²) in [5.74, 6) is 1.46. The number of rotatable bonds is 10. The summed E-state index contributed by atoms with van der Waals surface area (Å²) in [6, 6.07) is 11.5. The average Bonchev–Trinajstić information content (AvgIpc) is 3.46. The van der Waals surface area contributed by atoms with Crippen LogP contribution in [0.4, 0.5) is 0 Å². The van der Waals surface area contributed by atoms with E-state index in [1.807, 2.05) is 43.3 Å². The largest absolute Gasteiger partial charge is 0.467 e. The van der Waals surface area contributed by atoms with Crippen LogP contribution >= 0.6 is 0 Å². The molecule has 0 aliphatic rings. The third-order valence-electron chi connectivity index (χ3n) is 5.71. The Morgan fingerprint density at radius 3 is 2.91 bits per heavy atom. The lowest BCUT2D eigenvalue weighted by Gasteiger charge is -2.30. The second kappa shape index (κ2) is 9.88. The number of H-pyrrole nitrogens is 1. The topological polar surface area (TPSA) is 113 Å². The number of nitrogens with one attached hydrogen (secondary N) is 1. The van der Waals surface area contributed by atoms with E-state index in [1.54, 1.807) is 10.9 Å². The summed E-state index contributed by atoms with van der Waals surface area (Å²) < 4.78 is 7.18. The molecular weight excluding hydrogens is 408 g/mol. The van der Waals surface area contributed by atoms with E-state index in [0.29, 0.717) is 37.4 Å². The van der Waals surface area contributed by atoms with Gasteiger partial charge in [0.1, 0.15) is 12.3 Å². The molecule has 0 bridgehead atoms. The van der Waals surface area contributed by atoms with E-state index >= 15 is 0 Å². The smallest absolute Gasteiger partial charge is 0.252 e. The van der Waals surface area contributed by atoms with Crippen molar-refractivity contribution in [2.45, 2.75) is 45.8 Å². The summed E-state index contributed by atoms with van der Waals surface area (Å²) in [7, 11) is 0. The van der Waals surface area contributed by atoms with Crippen LogP contribution in [0.2, 0.25) is 0 Å². The Morgan fingerprint density at radius 2 is 2.16 bits per heavy atom. The standard InChI is InChI=1S/C23H28N6O3/c1-3-20(22-25-26-27-29(22)15-19-9-5-12-32-19)28(10-6-11-30)14-18-13-17-8-4-7-16(2)21(17)24-23(18)31/h4-5,7-9,12-13,20,30H,3,6,10-11,14-15H2,1-2H3,(H,24,31). The van der Waals surface area contributed by atoms with E-state index < -0.39 is 0 Å². The van der Waals surface area contributed by atoms with Crippen LogP contribution in [0.1, 0.15) is 48.5 Å². The number of tetrazole rings is 1. The van der Waals surface area contributed by atoms with Crippen LogP contribution in [0.5, 0.6) is 0 Å². The van der Waals surface area contributed by atoms with E-state index in [-0.39, 0.29) is 18.2 Å². The number of nitrogens with zero attached hydrogens (tertiary/aromatic N) is 5. The molecule has 0 spiro atoms. The SMILES string of the molecule is CCC(c1nnnn1Cc1ccco1)N(CCCO)Cc1cc2cccc(C)c2[nH]c1=O. The second-order valence-corrected chi connectivity index (χ2v) is 7.91. The van der Waals surface area contributed by atoms with Gasteiger partial charge in [-0.2, -0.15) is 0 Å². The molecule has 0 fully saturated rings. The highest BCUT2D eigenvalue weighted by Crippen LogP contribution is 2.25. The normalized spacial score (nSPS) is 12.6. The molecule has 0 aliphatic carbocycles. The second-order valence-electron chi connectivity index (χ2n) is 7.91. The number of hydrogen-bond acceptors (Lipinski definition) is 7. The number of hydrogen-bond donors (Lipinski definition) is 2. The maximum Gasteiger partial charge on any atom is 0.252 e. The van der Waals surface area contributed by atoms with Crippen LogP contribution in [0.3, 0.4) is 0 Å². The lowest BCUT2D eigenvalue weighted by molar-refractivity contribution is 0.152. The summed E-state index contributed by atoms with van der Waals surface area (Å²) in [6.45, 7) is 5.57. The van der Waals surface area contributed by atoms with Crippen molar-refractivity contribution in [3.63, 3.8) is 0 Å². The predicted octanol–water partition coefficient (Wildman–Crippen LogP) is 2.80. The van der Waals surface area contributed by atoms with Gasteiger partial charge in [-0.1, -0.05) is 25.1 Å². The van der Waals surface area contributed by atoms with Gasteiger partial charge in [0, 0.05) is 25.3 Å². The molecule has 168 valence electrons. The minimum atomic E-state index is -0.126. The first-order valence-electron chi connectivity index (χ1n) is 10.9. The Kier molecular flexibility index (Phi) is 6.77. The van der Waals surface area contributed by atoms with Gasteiger partial charge in [-0.3, -0.25) is 9.69 Å². The molecule has 1 atom stereocenters. The van der Waals surface area contributed by atoms with E-state index in [0.717, 1.165) is 28.6 Å². The Morgan fingerprint density at radius 1 is 1.28 bits per heavy atom. The molecule has 4 rings (SSSR count). The van der Waals surface area contributed by atoms with Gasteiger partial charge < -0.3 is 14.5 Å².